The third-order valence-electron chi connectivity index (χ3n) is 6.13. The number of sulfone groups is 1. The van der Waals surface area contributed by atoms with Crippen LogP contribution in [-0.4, -0.2) is 51.2 Å². The zero-order chi connectivity index (χ0) is 25.6. The standard InChI is InChI=1S/C27H33NO6S/c1-5-31-26(32-6-2)24(20-19-22-15-11-9-12-16-22)25(21-28,27(26,33-7-3)34-8-4)35(29,30)23-17-13-10-14-18-23/h9-20,24H,5-8H2,1-4H3/b20-19-/t24-,25+/m0/s1. The lowest BCUT2D eigenvalue weighted by Gasteiger charge is -2.67. The monoisotopic (exact) mass is 499 g/mol. The smallest absolute Gasteiger partial charge is 0.259 e. The topological polar surface area (TPSA) is 94.9 Å². The first-order valence-electron chi connectivity index (χ1n) is 11.9. The van der Waals surface area contributed by atoms with Gasteiger partial charge < -0.3 is 18.9 Å². The number of benzene rings is 2. The average molecular weight is 500 g/mol. The minimum absolute atomic E-state index is 0.00922. The molecule has 1 aliphatic carbocycles. The quantitative estimate of drug-likeness (QED) is 0.394. The molecular weight excluding hydrogens is 466 g/mol. The van der Waals surface area contributed by atoms with E-state index in [2.05, 4.69) is 6.07 Å². The number of nitrogens with zero attached hydrogens (tertiary/aromatic N) is 1. The molecule has 7 nitrogen and oxygen atoms in total. The molecule has 2 aromatic carbocycles. The molecule has 0 radical (unpaired) electrons. The van der Waals surface area contributed by atoms with Crippen LogP contribution in [0.4, 0.5) is 0 Å². The van der Waals surface area contributed by atoms with E-state index < -0.39 is 32.1 Å². The van der Waals surface area contributed by atoms with Crippen molar-refractivity contribution in [3.05, 3.63) is 72.3 Å². The van der Waals surface area contributed by atoms with Crippen LogP contribution >= 0.6 is 0 Å². The van der Waals surface area contributed by atoms with Gasteiger partial charge in [-0.25, -0.2) is 8.42 Å². The molecule has 0 N–H and O–H groups in total. The third-order valence-corrected chi connectivity index (χ3v) is 8.49. The van der Waals surface area contributed by atoms with E-state index in [0.29, 0.717) is 0 Å². The predicted octanol–water partition coefficient (Wildman–Crippen LogP) is 4.60. The Hall–Kier alpha value is -2.54. The predicted molar refractivity (Wildman–Crippen MR) is 133 cm³/mol. The summed E-state index contributed by atoms with van der Waals surface area (Å²) in [5.74, 6) is -4.78. The molecule has 0 spiro atoms. The van der Waals surface area contributed by atoms with Crippen LogP contribution in [0.5, 0.6) is 0 Å². The van der Waals surface area contributed by atoms with Crippen LogP contribution in [0.2, 0.25) is 0 Å². The second kappa shape index (κ2) is 11.0. The number of hydrogen-bond acceptors (Lipinski definition) is 7. The Morgan fingerprint density at radius 1 is 0.829 bits per heavy atom. The van der Waals surface area contributed by atoms with E-state index in [0.717, 1.165) is 5.56 Å². The Bertz CT molecular complexity index is 1130. The minimum Gasteiger partial charge on any atom is -0.345 e. The second-order valence-electron chi connectivity index (χ2n) is 7.93. The van der Waals surface area contributed by atoms with Crippen molar-refractivity contribution in [2.24, 2.45) is 5.92 Å². The van der Waals surface area contributed by atoms with Crippen molar-refractivity contribution in [3.63, 3.8) is 0 Å². The minimum atomic E-state index is -4.35. The number of hydrogen-bond donors (Lipinski definition) is 0. The summed E-state index contributed by atoms with van der Waals surface area (Å²) in [6.45, 7) is 7.50. The van der Waals surface area contributed by atoms with Crippen LogP contribution in [0.1, 0.15) is 33.3 Å². The first-order chi connectivity index (χ1) is 16.9. The van der Waals surface area contributed by atoms with Crippen molar-refractivity contribution in [1.82, 2.24) is 0 Å². The highest BCUT2D eigenvalue weighted by Gasteiger charge is 2.90. The summed E-state index contributed by atoms with van der Waals surface area (Å²) in [5, 5.41) is 10.7. The Labute approximate surface area is 208 Å². The van der Waals surface area contributed by atoms with Crippen LogP contribution in [-0.2, 0) is 28.8 Å². The fourth-order valence-corrected chi connectivity index (χ4v) is 7.12. The molecule has 0 amide bonds. The van der Waals surface area contributed by atoms with E-state index >= 15 is 0 Å². The van der Waals surface area contributed by atoms with Gasteiger partial charge in [-0.15, -0.1) is 0 Å². The van der Waals surface area contributed by atoms with Crippen LogP contribution in [0.25, 0.3) is 6.08 Å². The molecule has 0 aromatic heterocycles. The van der Waals surface area contributed by atoms with E-state index in [9.17, 15) is 13.7 Å². The summed E-state index contributed by atoms with van der Waals surface area (Å²) >= 11 is 0. The number of ether oxygens (including phenoxy) is 4. The average Bonchev–Trinajstić information content (AvgIpc) is 2.87. The molecule has 1 aliphatic rings. The van der Waals surface area contributed by atoms with Gasteiger partial charge in [-0.1, -0.05) is 60.7 Å². The lowest BCUT2D eigenvalue weighted by Crippen LogP contribution is -2.89. The number of rotatable bonds is 12. The van der Waals surface area contributed by atoms with Crippen LogP contribution < -0.4 is 0 Å². The van der Waals surface area contributed by atoms with Gasteiger partial charge in [-0.3, -0.25) is 0 Å². The van der Waals surface area contributed by atoms with E-state index in [1.54, 1.807) is 58.0 Å². The SMILES string of the molecule is CCOC1(OCC)[C@@H](/C=C\c2ccccc2)[C@@](C#N)(S(=O)(=O)c2ccccc2)C1(OCC)OCC. The molecule has 1 saturated carbocycles. The zero-order valence-electron chi connectivity index (χ0n) is 20.6. The van der Waals surface area contributed by atoms with E-state index in [4.69, 9.17) is 18.9 Å². The summed E-state index contributed by atoms with van der Waals surface area (Å²) in [4.78, 5) is -0.00922. The van der Waals surface area contributed by atoms with Gasteiger partial charge in [-0.05, 0) is 45.4 Å². The molecule has 188 valence electrons. The fourth-order valence-electron chi connectivity index (χ4n) is 4.93. The summed E-state index contributed by atoms with van der Waals surface area (Å²) < 4.78 is 51.0. The lowest BCUT2D eigenvalue weighted by atomic mass is 9.60. The zero-order valence-corrected chi connectivity index (χ0v) is 21.5. The molecule has 1 fully saturated rings. The molecule has 35 heavy (non-hydrogen) atoms. The van der Waals surface area contributed by atoms with Crippen LogP contribution in [0.15, 0.2) is 71.6 Å². The van der Waals surface area contributed by atoms with Gasteiger partial charge in [0.1, 0.15) is 0 Å². The molecule has 0 unspecified atom stereocenters. The Morgan fingerprint density at radius 2 is 1.31 bits per heavy atom. The van der Waals surface area contributed by atoms with Crippen molar-refractivity contribution in [2.75, 3.05) is 26.4 Å². The van der Waals surface area contributed by atoms with Gasteiger partial charge in [-0.2, -0.15) is 5.26 Å². The van der Waals surface area contributed by atoms with Crippen molar-refractivity contribution < 1.29 is 27.4 Å². The van der Waals surface area contributed by atoms with Gasteiger partial charge >= 0.3 is 0 Å². The first kappa shape index (κ1) is 27.1. The first-order valence-corrected chi connectivity index (χ1v) is 13.4. The van der Waals surface area contributed by atoms with Gasteiger partial charge in [0.05, 0.1) is 16.9 Å². The van der Waals surface area contributed by atoms with E-state index in [1.165, 1.54) is 12.1 Å². The highest BCUT2D eigenvalue weighted by Crippen LogP contribution is 2.65. The highest BCUT2D eigenvalue weighted by atomic mass is 32.2. The molecular formula is C27H33NO6S. The molecule has 3 rings (SSSR count). The number of nitriles is 1. The second-order valence-corrected chi connectivity index (χ2v) is 10.0. The molecule has 2 aromatic rings. The summed E-state index contributed by atoms with van der Waals surface area (Å²) in [6, 6.07) is 19.4. The molecule has 0 bridgehead atoms. The maximum atomic E-state index is 14.3. The Morgan fingerprint density at radius 3 is 1.77 bits per heavy atom. The van der Waals surface area contributed by atoms with E-state index in [-0.39, 0.29) is 31.3 Å². The van der Waals surface area contributed by atoms with Crippen molar-refractivity contribution >= 4 is 15.9 Å². The maximum Gasteiger partial charge on any atom is 0.259 e. The molecule has 8 heteroatoms. The van der Waals surface area contributed by atoms with Gasteiger partial charge in [0, 0.05) is 26.4 Å². The molecule has 2 atom stereocenters. The van der Waals surface area contributed by atoms with Crippen molar-refractivity contribution in [3.8, 4) is 6.07 Å². The Balaban J connectivity index is 2.38. The van der Waals surface area contributed by atoms with Crippen molar-refractivity contribution in [2.45, 2.75) is 48.9 Å². The lowest BCUT2D eigenvalue weighted by molar-refractivity contribution is -0.480. The van der Waals surface area contributed by atoms with Gasteiger partial charge in [0.15, 0.2) is 0 Å². The largest absolute Gasteiger partial charge is 0.345 e. The fraction of sp³-hybridized carbons (Fsp3) is 0.444. The third kappa shape index (κ3) is 4.02. The normalized spacial score (nSPS) is 23.0. The summed E-state index contributed by atoms with van der Waals surface area (Å²) in [6.07, 6.45) is 3.44. The summed E-state index contributed by atoms with van der Waals surface area (Å²) in [7, 11) is -4.35. The van der Waals surface area contributed by atoms with Gasteiger partial charge in [0.25, 0.3) is 5.79 Å². The molecule has 0 heterocycles. The summed E-state index contributed by atoms with van der Waals surface area (Å²) in [5.41, 5.74) is 0.837. The molecule has 0 saturated heterocycles. The van der Waals surface area contributed by atoms with Gasteiger partial charge in [0.2, 0.25) is 20.4 Å². The maximum absolute atomic E-state index is 14.3. The van der Waals surface area contributed by atoms with Crippen LogP contribution in [0, 0.1) is 17.2 Å². The van der Waals surface area contributed by atoms with Crippen molar-refractivity contribution in [1.29, 1.82) is 5.26 Å². The van der Waals surface area contributed by atoms with E-state index in [1.807, 2.05) is 30.3 Å². The Kier molecular flexibility index (Phi) is 8.52. The molecule has 0 aliphatic heterocycles. The highest BCUT2D eigenvalue weighted by molar-refractivity contribution is 7.93. The van der Waals surface area contributed by atoms with Crippen LogP contribution in [0.3, 0.4) is 0 Å².